The van der Waals surface area contributed by atoms with Crippen LogP contribution in [0.15, 0.2) is 10.5 Å². The van der Waals surface area contributed by atoms with Gasteiger partial charge < -0.3 is 0 Å². The maximum atomic E-state index is 3.56. The summed E-state index contributed by atoms with van der Waals surface area (Å²) >= 11 is 8.95. The lowest BCUT2D eigenvalue weighted by Gasteiger charge is -2.21. The van der Waals surface area contributed by atoms with Crippen LogP contribution in [0.5, 0.6) is 0 Å². The summed E-state index contributed by atoms with van der Waals surface area (Å²) in [6.45, 7) is 6.75. The van der Waals surface area contributed by atoms with Gasteiger partial charge in [0.25, 0.3) is 0 Å². The first kappa shape index (κ1) is 11.7. The van der Waals surface area contributed by atoms with Crippen LogP contribution in [-0.2, 0) is 5.41 Å². The van der Waals surface area contributed by atoms with Crippen molar-refractivity contribution in [1.29, 1.82) is 0 Å². The summed E-state index contributed by atoms with van der Waals surface area (Å²) < 4.78 is 1.25. The number of hydrogen-bond donors (Lipinski definition) is 0. The zero-order valence-electron chi connectivity index (χ0n) is 8.16. The van der Waals surface area contributed by atoms with Crippen molar-refractivity contribution in [2.75, 3.05) is 5.33 Å². The maximum Gasteiger partial charge on any atom is 0.0314 e. The van der Waals surface area contributed by atoms with E-state index in [9.17, 15) is 0 Å². The first-order valence-corrected chi connectivity index (χ1v) is 7.03. The van der Waals surface area contributed by atoms with Crippen LogP contribution >= 0.6 is 43.2 Å². The summed E-state index contributed by atoms with van der Waals surface area (Å²) in [6.07, 6.45) is 1.18. The number of aryl methyl sites for hydroxylation is 1. The van der Waals surface area contributed by atoms with Gasteiger partial charge in [-0.15, -0.1) is 11.3 Å². The van der Waals surface area contributed by atoms with E-state index in [1.54, 1.807) is 0 Å². The van der Waals surface area contributed by atoms with Crippen LogP contribution in [-0.4, -0.2) is 5.33 Å². The lowest BCUT2D eigenvalue weighted by molar-refractivity contribution is 0.523. The smallest absolute Gasteiger partial charge is 0.0314 e. The summed E-state index contributed by atoms with van der Waals surface area (Å²) in [5, 5.41) is 1.06. The highest BCUT2D eigenvalue weighted by atomic mass is 79.9. The monoisotopic (exact) mass is 324 g/mol. The molecule has 0 N–H and O–H groups in total. The van der Waals surface area contributed by atoms with Gasteiger partial charge in [0.2, 0.25) is 0 Å². The van der Waals surface area contributed by atoms with Crippen molar-refractivity contribution in [2.24, 2.45) is 0 Å². The van der Waals surface area contributed by atoms with Gasteiger partial charge in [-0.1, -0.05) is 29.8 Å². The van der Waals surface area contributed by atoms with Gasteiger partial charge in [-0.25, -0.2) is 0 Å². The van der Waals surface area contributed by atoms with Gasteiger partial charge in [0.05, 0.1) is 0 Å². The molecule has 3 heteroatoms. The van der Waals surface area contributed by atoms with Gasteiger partial charge in [-0.05, 0) is 40.8 Å². The number of thiophene rings is 1. The fraction of sp³-hybridized carbons (Fsp3) is 0.600. The van der Waals surface area contributed by atoms with E-state index in [0.717, 1.165) is 5.33 Å². The Kier molecular flexibility index (Phi) is 4.02. The number of rotatable bonds is 3. The molecule has 0 saturated heterocycles. The molecule has 0 amide bonds. The molecule has 1 heterocycles. The van der Waals surface area contributed by atoms with E-state index in [4.69, 9.17) is 0 Å². The van der Waals surface area contributed by atoms with E-state index in [2.05, 4.69) is 58.7 Å². The van der Waals surface area contributed by atoms with Crippen LogP contribution in [0.4, 0.5) is 0 Å². The molecule has 0 unspecified atom stereocenters. The minimum atomic E-state index is 0.297. The van der Waals surface area contributed by atoms with Crippen molar-refractivity contribution < 1.29 is 0 Å². The van der Waals surface area contributed by atoms with E-state index < -0.39 is 0 Å². The van der Waals surface area contributed by atoms with E-state index in [0.29, 0.717) is 5.41 Å². The zero-order valence-corrected chi connectivity index (χ0v) is 12.1. The van der Waals surface area contributed by atoms with Crippen molar-refractivity contribution in [3.8, 4) is 0 Å². The van der Waals surface area contributed by atoms with Crippen LogP contribution in [0.3, 0.4) is 0 Å². The molecular weight excluding hydrogens is 312 g/mol. The zero-order chi connectivity index (χ0) is 10.1. The predicted octanol–water partition coefficient (Wildman–Crippen LogP) is 4.88. The van der Waals surface area contributed by atoms with Gasteiger partial charge >= 0.3 is 0 Å². The Labute approximate surface area is 101 Å². The van der Waals surface area contributed by atoms with Crippen molar-refractivity contribution in [2.45, 2.75) is 32.6 Å². The van der Waals surface area contributed by atoms with Gasteiger partial charge in [0.15, 0.2) is 0 Å². The number of halogens is 2. The fourth-order valence-corrected chi connectivity index (χ4v) is 3.81. The lowest BCUT2D eigenvalue weighted by Crippen LogP contribution is -2.15. The summed E-state index contributed by atoms with van der Waals surface area (Å²) in [5.74, 6) is 0. The lowest BCUT2D eigenvalue weighted by atomic mass is 9.89. The second-order valence-electron chi connectivity index (χ2n) is 3.84. The molecule has 1 aromatic heterocycles. The molecule has 13 heavy (non-hydrogen) atoms. The summed E-state index contributed by atoms with van der Waals surface area (Å²) in [5.41, 5.74) is 0.297. The van der Waals surface area contributed by atoms with Crippen molar-refractivity contribution in [3.05, 3.63) is 20.3 Å². The highest BCUT2D eigenvalue weighted by Gasteiger charge is 2.22. The van der Waals surface area contributed by atoms with Crippen LogP contribution in [0, 0.1) is 6.92 Å². The Hall–Kier alpha value is 0.660. The molecule has 1 aromatic rings. The first-order chi connectivity index (χ1) is 5.97. The molecule has 0 bridgehead atoms. The van der Waals surface area contributed by atoms with Crippen molar-refractivity contribution >= 4 is 43.2 Å². The average molecular weight is 326 g/mol. The van der Waals surface area contributed by atoms with Gasteiger partial charge in [0.1, 0.15) is 0 Å². The highest BCUT2D eigenvalue weighted by molar-refractivity contribution is 9.10. The van der Waals surface area contributed by atoms with E-state index in [1.807, 2.05) is 11.3 Å². The molecule has 0 aliphatic heterocycles. The molecule has 0 aliphatic rings. The number of alkyl halides is 1. The molecule has 0 atom stereocenters. The highest BCUT2D eigenvalue weighted by Crippen LogP contribution is 2.37. The molecule has 0 aliphatic carbocycles. The van der Waals surface area contributed by atoms with Gasteiger partial charge in [-0.3, -0.25) is 0 Å². The molecule has 1 rings (SSSR count). The first-order valence-electron chi connectivity index (χ1n) is 4.30. The second kappa shape index (κ2) is 4.45. The third-order valence-electron chi connectivity index (χ3n) is 2.24. The van der Waals surface area contributed by atoms with E-state index in [-0.39, 0.29) is 0 Å². The summed E-state index contributed by atoms with van der Waals surface area (Å²) in [7, 11) is 0. The molecule has 74 valence electrons. The van der Waals surface area contributed by atoms with Crippen molar-refractivity contribution in [3.63, 3.8) is 0 Å². The number of hydrogen-bond acceptors (Lipinski definition) is 1. The summed E-state index contributed by atoms with van der Waals surface area (Å²) in [4.78, 5) is 2.84. The Bertz CT molecular complexity index is 270. The molecule has 0 aromatic carbocycles. The SMILES string of the molecule is Cc1sc(C(C)(C)CCBr)cc1Br. The largest absolute Gasteiger partial charge is 0.144 e. The topological polar surface area (TPSA) is 0 Å². The summed E-state index contributed by atoms with van der Waals surface area (Å²) in [6, 6.07) is 2.25. The minimum Gasteiger partial charge on any atom is -0.144 e. The second-order valence-corrected chi connectivity index (χ2v) is 6.74. The predicted molar refractivity (Wildman–Crippen MR) is 68.2 cm³/mol. The molecule has 0 fully saturated rings. The normalized spacial score (nSPS) is 12.1. The Morgan fingerprint density at radius 2 is 2.08 bits per heavy atom. The van der Waals surface area contributed by atoms with Crippen LogP contribution in [0.2, 0.25) is 0 Å². The van der Waals surface area contributed by atoms with Gasteiger partial charge in [-0.2, -0.15) is 0 Å². The van der Waals surface area contributed by atoms with Gasteiger partial charge in [0, 0.05) is 19.6 Å². The Morgan fingerprint density at radius 1 is 1.46 bits per heavy atom. The standard InChI is InChI=1S/C10H14Br2S/c1-7-8(12)6-9(13-7)10(2,3)4-5-11/h6H,4-5H2,1-3H3. The Balaban J connectivity index is 2.93. The Morgan fingerprint density at radius 3 is 2.46 bits per heavy atom. The molecule has 0 spiro atoms. The van der Waals surface area contributed by atoms with Crippen molar-refractivity contribution in [1.82, 2.24) is 0 Å². The van der Waals surface area contributed by atoms with E-state index in [1.165, 1.54) is 20.6 Å². The third-order valence-corrected chi connectivity index (χ3v) is 5.14. The average Bonchev–Trinajstić information content (AvgIpc) is 2.33. The third kappa shape index (κ3) is 2.80. The molecular formula is C10H14Br2S. The maximum absolute atomic E-state index is 3.56. The fourth-order valence-electron chi connectivity index (χ4n) is 1.15. The van der Waals surface area contributed by atoms with Crippen LogP contribution in [0.1, 0.15) is 30.0 Å². The molecule has 0 nitrogen and oxygen atoms in total. The van der Waals surface area contributed by atoms with Crippen LogP contribution in [0.25, 0.3) is 0 Å². The molecule has 0 radical (unpaired) electrons. The van der Waals surface area contributed by atoms with E-state index >= 15 is 0 Å². The molecule has 0 saturated carbocycles. The minimum absolute atomic E-state index is 0.297. The van der Waals surface area contributed by atoms with Crippen LogP contribution < -0.4 is 0 Å². The quantitative estimate of drug-likeness (QED) is 0.695.